The molecule has 1 heterocycles. The third kappa shape index (κ3) is 13.0. The zero-order valence-corrected chi connectivity index (χ0v) is 27.1. The van der Waals surface area contributed by atoms with Crippen LogP contribution in [-0.4, -0.2) is 43.4 Å². The van der Waals surface area contributed by atoms with Gasteiger partial charge in [0.25, 0.3) is 0 Å². The van der Waals surface area contributed by atoms with Crippen molar-refractivity contribution in [1.29, 1.82) is 0 Å². The van der Waals surface area contributed by atoms with Gasteiger partial charge in [0.1, 0.15) is 17.7 Å². The number of phosphoric ester groups is 1. The molecule has 224 valence electrons. The molecule has 1 unspecified atom stereocenters. The van der Waals surface area contributed by atoms with E-state index in [9.17, 15) is 9.36 Å². The third-order valence-corrected chi connectivity index (χ3v) is 8.55. The highest BCUT2D eigenvalue weighted by molar-refractivity contribution is 8.07. The first-order valence-corrected chi connectivity index (χ1v) is 16.6. The quantitative estimate of drug-likeness (QED) is 0.0920. The number of carbonyl (C=O) groups excluding carboxylic acids is 1. The fraction of sp³-hybridized carbons (Fsp3) is 0.500. The molecule has 14 heteroatoms. The Morgan fingerprint density at radius 1 is 1.02 bits per heavy atom. The van der Waals surface area contributed by atoms with E-state index in [2.05, 4.69) is 19.0 Å². The summed E-state index contributed by atoms with van der Waals surface area (Å²) in [5.74, 6) is 0.833. The van der Waals surface area contributed by atoms with Gasteiger partial charge in [-0.3, -0.25) is 18.1 Å². The van der Waals surface area contributed by atoms with Crippen LogP contribution in [0.5, 0.6) is 5.88 Å². The van der Waals surface area contributed by atoms with Gasteiger partial charge in [0.05, 0.1) is 19.3 Å². The average Bonchev–Trinajstić information content (AvgIpc) is 2.89. The van der Waals surface area contributed by atoms with E-state index in [0.717, 1.165) is 23.2 Å². The average molecular weight is 619 g/mol. The van der Waals surface area contributed by atoms with Crippen LogP contribution >= 0.6 is 14.5 Å². The second-order valence-corrected chi connectivity index (χ2v) is 13.1. The highest BCUT2D eigenvalue weighted by Gasteiger charge is 2.25. The largest absolute Gasteiger partial charge is 0.529 e. The number of hydrogen-bond acceptors (Lipinski definition) is 12. The topological polar surface area (TPSA) is 125 Å². The molecule has 1 atom stereocenters. The Morgan fingerprint density at radius 3 is 2.10 bits per heavy atom. The van der Waals surface area contributed by atoms with Crippen LogP contribution in [0, 0.1) is 6.92 Å². The number of rotatable bonds is 14. The molecule has 0 spiro atoms. The van der Waals surface area contributed by atoms with Crippen LogP contribution in [0.2, 0.25) is 0 Å². The van der Waals surface area contributed by atoms with Crippen LogP contribution in [0.1, 0.15) is 70.6 Å². The Balaban J connectivity index is 0.000000402. The highest BCUT2D eigenvalue weighted by atomic mass is 32.5. The minimum atomic E-state index is -3.66. The van der Waals surface area contributed by atoms with E-state index >= 15 is 0 Å². The van der Waals surface area contributed by atoms with Crippen molar-refractivity contribution in [2.45, 2.75) is 60.5 Å². The molecule has 0 radical (unpaired) electrons. The van der Waals surface area contributed by atoms with Gasteiger partial charge >= 0.3 is 20.5 Å². The van der Waals surface area contributed by atoms with Gasteiger partial charge in [-0.05, 0) is 40.2 Å². The van der Waals surface area contributed by atoms with Crippen LogP contribution in [0.25, 0.3) is 0 Å². The van der Waals surface area contributed by atoms with Crippen LogP contribution in [0.15, 0.2) is 48.2 Å². The monoisotopic (exact) mass is 618 g/mol. The number of phosphoric acid groups is 1. The van der Waals surface area contributed by atoms with Gasteiger partial charge in [-0.15, -0.1) is 0 Å². The SMILES string of the molecule is CCOP(=S)(OCC)Oc1cc(C)nc(C(C)C)n1.COP(=O)(OC)O/C(C)=C/C(=O)OC(C)c1ccccc1. The maximum absolute atomic E-state index is 11.7. The molecular formula is C26H40N2O9P2S. The summed E-state index contributed by atoms with van der Waals surface area (Å²) in [7, 11) is -1.29. The molecule has 2 rings (SSSR count). The molecule has 1 aromatic carbocycles. The number of carbonyl (C=O) groups is 1. The van der Waals surface area contributed by atoms with E-state index in [1.807, 2.05) is 65.0 Å². The van der Waals surface area contributed by atoms with Crippen molar-refractivity contribution < 1.29 is 41.2 Å². The molecule has 40 heavy (non-hydrogen) atoms. The maximum atomic E-state index is 11.7. The highest BCUT2D eigenvalue weighted by Crippen LogP contribution is 2.50. The number of aryl methyl sites for hydroxylation is 1. The molecule has 11 nitrogen and oxygen atoms in total. The van der Waals surface area contributed by atoms with E-state index in [1.165, 1.54) is 21.1 Å². The van der Waals surface area contributed by atoms with Crippen LogP contribution < -0.4 is 4.52 Å². The van der Waals surface area contributed by atoms with Gasteiger partial charge < -0.3 is 13.8 Å². The number of aromatic nitrogens is 2. The molecule has 2 aromatic rings. The number of ether oxygens (including phenoxy) is 1. The van der Waals surface area contributed by atoms with Gasteiger partial charge in [-0.2, -0.15) is 4.98 Å². The lowest BCUT2D eigenvalue weighted by atomic mass is 10.1. The minimum Gasteiger partial charge on any atom is -0.455 e. The van der Waals surface area contributed by atoms with E-state index in [4.69, 9.17) is 34.6 Å². The Labute approximate surface area is 242 Å². The second kappa shape index (κ2) is 17.6. The Bertz CT molecular complexity index is 1180. The van der Waals surface area contributed by atoms with Crippen LogP contribution in [0.4, 0.5) is 0 Å². The van der Waals surface area contributed by atoms with Gasteiger partial charge in [-0.1, -0.05) is 44.2 Å². The second-order valence-electron chi connectivity index (χ2n) is 8.38. The van der Waals surface area contributed by atoms with E-state index in [1.54, 1.807) is 13.0 Å². The van der Waals surface area contributed by atoms with Gasteiger partial charge in [0.15, 0.2) is 0 Å². The fourth-order valence-corrected chi connectivity index (χ4v) is 5.61. The first kappa shape index (κ1) is 35.9. The zero-order valence-electron chi connectivity index (χ0n) is 24.5. The molecule has 0 saturated heterocycles. The summed E-state index contributed by atoms with van der Waals surface area (Å²) in [4.78, 5) is 20.5. The Morgan fingerprint density at radius 2 is 1.60 bits per heavy atom. The normalized spacial score (nSPS) is 12.8. The molecular weight excluding hydrogens is 578 g/mol. The number of benzene rings is 1. The maximum Gasteiger partial charge on any atom is 0.529 e. The predicted octanol–water partition coefficient (Wildman–Crippen LogP) is 7.20. The molecule has 0 aliphatic carbocycles. The molecule has 0 amide bonds. The Hall–Kier alpha value is -2.17. The number of esters is 1. The standard InChI is InChI=1S/C14H19O6P.C12H21N2O3PS/c1-11(20-21(16,17-3)18-4)10-14(15)19-12(2)13-8-6-5-7-9-13;1-6-15-18(19,16-7-2)17-11-8-10(5)13-12(14-11)9(3)4/h5-10,12H,1-4H3;8-9H,6-7H2,1-5H3/b11-10+;. The molecule has 1 aromatic heterocycles. The fourth-order valence-electron chi connectivity index (χ4n) is 2.91. The summed E-state index contributed by atoms with van der Waals surface area (Å²) >= 11 is 5.32. The lowest BCUT2D eigenvalue weighted by molar-refractivity contribution is -0.142. The molecule has 0 fully saturated rings. The summed E-state index contributed by atoms with van der Waals surface area (Å²) in [6, 6.07) is 11.0. The van der Waals surface area contributed by atoms with Crippen molar-refractivity contribution in [3.05, 3.63) is 65.3 Å². The van der Waals surface area contributed by atoms with E-state index in [-0.39, 0.29) is 11.7 Å². The lowest BCUT2D eigenvalue weighted by Crippen LogP contribution is -2.07. The zero-order chi connectivity index (χ0) is 30.3. The Kier molecular flexibility index (Phi) is 15.8. The van der Waals surface area contributed by atoms with Crippen LogP contribution in [-0.2, 0) is 48.5 Å². The molecule has 0 aliphatic heterocycles. The summed E-state index contributed by atoms with van der Waals surface area (Å²) in [5, 5.41) is 0. The lowest BCUT2D eigenvalue weighted by Gasteiger charge is -2.20. The molecule has 0 saturated carbocycles. The summed E-state index contributed by atoms with van der Waals surface area (Å²) in [6.45, 7) is 11.0. The van der Waals surface area contributed by atoms with Crippen molar-refractivity contribution in [1.82, 2.24) is 9.97 Å². The summed E-state index contributed by atoms with van der Waals surface area (Å²) in [5.41, 5.74) is 1.71. The summed E-state index contributed by atoms with van der Waals surface area (Å²) in [6.07, 6.45) is 0.684. The molecule has 0 N–H and O–H groups in total. The summed E-state index contributed by atoms with van der Waals surface area (Å²) < 4.78 is 47.7. The van der Waals surface area contributed by atoms with E-state index < -0.39 is 26.6 Å². The number of hydrogen-bond donors (Lipinski definition) is 0. The van der Waals surface area contributed by atoms with Gasteiger partial charge in [-0.25, -0.2) is 14.3 Å². The predicted molar refractivity (Wildman–Crippen MR) is 156 cm³/mol. The van der Waals surface area contributed by atoms with Crippen molar-refractivity contribution in [3.8, 4) is 5.88 Å². The van der Waals surface area contributed by atoms with Crippen LogP contribution in [0.3, 0.4) is 0 Å². The van der Waals surface area contributed by atoms with Crippen molar-refractivity contribution in [2.24, 2.45) is 0 Å². The number of nitrogens with zero attached hydrogens (tertiary/aromatic N) is 2. The number of allylic oxidation sites excluding steroid dienone is 1. The third-order valence-electron chi connectivity index (χ3n) is 4.73. The van der Waals surface area contributed by atoms with Crippen molar-refractivity contribution in [3.63, 3.8) is 0 Å². The molecule has 0 bridgehead atoms. The van der Waals surface area contributed by atoms with Gasteiger partial charge in [0, 0.05) is 43.7 Å². The van der Waals surface area contributed by atoms with Crippen molar-refractivity contribution >= 4 is 32.3 Å². The smallest absolute Gasteiger partial charge is 0.455 e. The minimum absolute atomic E-state index is 0.0762. The van der Waals surface area contributed by atoms with Gasteiger partial charge in [0.2, 0.25) is 5.88 Å². The first-order valence-electron chi connectivity index (χ1n) is 12.6. The van der Waals surface area contributed by atoms with Crippen molar-refractivity contribution in [2.75, 3.05) is 27.4 Å². The first-order chi connectivity index (χ1) is 18.8. The van der Waals surface area contributed by atoms with E-state index in [0.29, 0.717) is 19.1 Å². The molecule has 0 aliphatic rings.